The first-order valence-electron chi connectivity index (χ1n) is 7.01. The summed E-state index contributed by atoms with van der Waals surface area (Å²) >= 11 is 0. The van der Waals surface area contributed by atoms with Crippen molar-refractivity contribution in [3.8, 4) is 0 Å². The third-order valence-corrected chi connectivity index (χ3v) is 3.25. The van der Waals surface area contributed by atoms with Crippen LogP contribution < -0.4 is 5.43 Å². The second kappa shape index (κ2) is 6.35. The van der Waals surface area contributed by atoms with E-state index in [1.54, 1.807) is 11.6 Å². The average molecular weight is 311 g/mol. The Hall–Kier alpha value is -3.09. The molecule has 3 rings (SSSR count). The molecular formula is C16H14FN5O. The minimum Gasteiger partial charge on any atom is -0.267 e. The van der Waals surface area contributed by atoms with Crippen LogP contribution in [0.2, 0.25) is 0 Å². The molecule has 0 bridgehead atoms. The van der Waals surface area contributed by atoms with Crippen LogP contribution in [0.1, 0.15) is 17.3 Å². The standard InChI is InChI=1S/C16H14FN5O/c1-11(10-22-15-5-3-2-4-14(15)19-21-22)18-20-16(23)12-6-8-13(17)9-7-12/h2-9H,10H2,1H3,(H,20,23). The van der Waals surface area contributed by atoms with Gasteiger partial charge in [0.2, 0.25) is 0 Å². The third-order valence-electron chi connectivity index (χ3n) is 3.25. The van der Waals surface area contributed by atoms with Crippen molar-refractivity contribution < 1.29 is 9.18 Å². The van der Waals surface area contributed by atoms with Gasteiger partial charge < -0.3 is 0 Å². The topological polar surface area (TPSA) is 72.2 Å². The molecule has 1 N–H and O–H groups in total. The number of nitrogens with zero attached hydrogens (tertiary/aromatic N) is 4. The van der Waals surface area contributed by atoms with Crippen LogP contribution in [0.4, 0.5) is 4.39 Å². The summed E-state index contributed by atoms with van der Waals surface area (Å²) in [5, 5.41) is 12.2. The molecule has 0 aliphatic heterocycles. The smallest absolute Gasteiger partial charge is 0.267 e. The number of rotatable bonds is 4. The number of amides is 1. The van der Waals surface area contributed by atoms with Crippen molar-refractivity contribution in [1.29, 1.82) is 0 Å². The molecule has 7 heteroatoms. The predicted octanol–water partition coefficient (Wildman–Crippen LogP) is 2.38. The van der Waals surface area contributed by atoms with Gasteiger partial charge in [-0.15, -0.1) is 5.10 Å². The summed E-state index contributed by atoms with van der Waals surface area (Å²) in [6.45, 7) is 2.19. The quantitative estimate of drug-likeness (QED) is 0.594. The Morgan fingerprint density at radius 2 is 1.96 bits per heavy atom. The van der Waals surface area contributed by atoms with E-state index in [4.69, 9.17) is 0 Å². The van der Waals surface area contributed by atoms with Gasteiger partial charge in [0.15, 0.2) is 0 Å². The van der Waals surface area contributed by atoms with E-state index in [-0.39, 0.29) is 5.82 Å². The van der Waals surface area contributed by atoms with Gasteiger partial charge in [-0.25, -0.2) is 14.5 Å². The fourth-order valence-electron chi connectivity index (χ4n) is 2.10. The molecule has 0 atom stereocenters. The lowest BCUT2D eigenvalue weighted by atomic mass is 10.2. The molecule has 23 heavy (non-hydrogen) atoms. The maximum Gasteiger partial charge on any atom is 0.271 e. The van der Waals surface area contributed by atoms with Crippen molar-refractivity contribution in [2.45, 2.75) is 13.5 Å². The van der Waals surface area contributed by atoms with Crippen LogP contribution in [0.15, 0.2) is 53.6 Å². The van der Waals surface area contributed by atoms with E-state index in [2.05, 4.69) is 20.8 Å². The fraction of sp³-hybridized carbons (Fsp3) is 0.125. The molecule has 0 radical (unpaired) electrons. The van der Waals surface area contributed by atoms with Crippen LogP contribution in [-0.2, 0) is 6.54 Å². The van der Waals surface area contributed by atoms with Gasteiger partial charge in [0, 0.05) is 5.56 Å². The van der Waals surface area contributed by atoms with Gasteiger partial charge in [-0.3, -0.25) is 4.79 Å². The Bertz CT molecular complexity index is 870. The van der Waals surface area contributed by atoms with Crippen LogP contribution in [0.25, 0.3) is 11.0 Å². The molecule has 0 fully saturated rings. The minimum atomic E-state index is -0.396. The number of fused-ring (bicyclic) bond motifs is 1. The van der Waals surface area contributed by atoms with Gasteiger partial charge in [0.1, 0.15) is 11.3 Å². The van der Waals surface area contributed by atoms with Crippen molar-refractivity contribution in [3.05, 3.63) is 59.9 Å². The van der Waals surface area contributed by atoms with E-state index in [1.807, 2.05) is 24.3 Å². The van der Waals surface area contributed by atoms with Crippen LogP contribution in [0.3, 0.4) is 0 Å². The summed E-state index contributed by atoms with van der Waals surface area (Å²) in [7, 11) is 0. The minimum absolute atomic E-state index is 0.342. The normalized spacial score (nSPS) is 11.7. The van der Waals surface area contributed by atoms with E-state index in [9.17, 15) is 9.18 Å². The third kappa shape index (κ3) is 3.39. The van der Waals surface area contributed by atoms with Gasteiger partial charge in [-0.1, -0.05) is 17.3 Å². The molecule has 2 aromatic carbocycles. The number of nitrogens with one attached hydrogen (secondary N) is 1. The molecule has 0 saturated carbocycles. The van der Waals surface area contributed by atoms with Crippen molar-refractivity contribution in [2.24, 2.45) is 5.10 Å². The Morgan fingerprint density at radius 1 is 1.22 bits per heavy atom. The number of hydrogen-bond donors (Lipinski definition) is 1. The number of carbonyl (C=O) groups is 1. The number of carbonyl (C=O) groups excluding carboxylic acids is 1. The van der Waals surface area contributed by atoms with Crippen molar-refractivity contribution in [1.82, 2.24) is 20.4 Å². The van der Waals surface area contributed by atoms with Gasteiger partial charge in [-0.05, 0) is 43.3 Å². The zero-order valence-corrected chi connectivity index (χ0v) is 12.4. The van der Waals surface area contributed by atoms with Crippen LogP contribution in [0.5, 0.6) is 0 Å². The summed E-state index contributed by atoms with van der Waals surface area (Å²) in [4.78, 5) is 11.9. The van der Waals surface area contributed by atoms with Gasteiger partial charge in [0.05, 0.1) is 17.8 Å². The van der Waals surface area contributed by atoms with E-state index < -0.39 is 5.91 Å². The maximum atomic E-state index is 12.8. The van der Waals surface area contributed by atoms with E-state index in [1.165, 1.54) is 24.3 Å². The predicted molar refractivity (Wildman–Crippen MR) is 84.5 cm³/mol. The molecule has 6 nitrogen and oxygen atoms in total. The maximum absolute atomic E-state index is 12.8. The highest BCUT2D eigenvalue weighted by atomic mass is 19.1. The van der Waals surface area contributed by atoms with Crippen LogP contribution in [0, 0.1) is 5.82 Å². The molecule has 0 unspecified atom stereocenters. The Kier molecular flexibility index (Phi) is 4.09. The van der Waals surface area contributed by atoms with E-state index >= 15 is 0 Å². The summed E-state index contributed by atoms with van der Waals surface area (Å²) in [5.41, 5.74) is 5.15. The first kappa shape index (κ1) is 14.8. The first-order chi connectivity index (χ1) is 11.1. The molecular weight excluding hydrogens is 297 g/mol. The Balaban J connectivity index is 1.68. The largest absolute Gasteiger partial charge is 0.271 e. The van der Waals surface area contributed by atoms with Crippen molar-refractivity contribution in [2.75, 3.05) is 0 Å². The van der Waals surface area contributed by atoms with Crippen molar-refractivity contribution >= 4 is 22.7 Å². The molecule has 0 spiro atoms. The molecule has 0 saturated heterocycles. The number of para-hydroxylation sites is 1. The van der Waals surface area contributed by atoms with Crippen LogP contribution >= 0.6 is 0 Å². The zero-order chi connectivity index (χ0) is 16.2. The fourth-order valence-corrected chi connectivity index (χ4v) is 2.10. The lowest BCUT2D eigenvalue weighted by Crippen LogP contribution is -2.20. The van der Waals surface area contributed by atoms with Gasteiger partial charge >= 0.3 is 0 Å². The lowest BCUT2D eigenvalue weighted by molar-refractivity contribution is 0.0954. The van der Waals surface area contributed by atoms with E-state index in [0.29, 0.717) is 17.8 Å². The second-order valence-electron chi connectivity index (χ2n) is 5.03. The number of hydrazone groups is 1. The van der Waals surface area contributed by atoms with Gasteiger partial charge in [-0.2, -0.15) is 5.10 Å². The summed E-state index contributed by atoms with van der Waals surface area (Å²) in [6.07, 6.45) is 0. The Morgan fingerprint density at radius 3 is 2.74 bits per heavy atom. The number of halogens is 1. The van der Waals surface area contributed by atoms with Gasteiger partial charge in [0.25, 0.3) is 5.91 Å². The van der Waals surface area contributed by atoms with Crippen molar-refractivity contribution in [3.63, 3.8) is 0 Å². The SMILES string of the molecule is CC(Cn1nnc2ccccc21)=NNC(=O)c1ccc(F)cc1. The average Bonchev–Trinajstić information content (AvgIpc) is 2.96. The summed E-state index contributed by atoms with van der Waals surface area (Å²) < 4.78 is 14.5. The monoisotopic (exact) mass is 311 g/mol. The van der Waals surface area contributed by atoms with E-state index in [0.717, 1.165) is 11.0 Å². The highest BCUT2D eigenvalue weighted by molar-refractivity contribution is 5.95. The molecule has 0 aliphatic rings. The lowest BCUT2D eigenvalue weighted by Gasteiger charge is -2.04. The molecule has 116 valence electrons. The number of aromatic nitrogens is 3. The molecule has 1 amide bonds. The molecule has 0 aliphatic carbocycles. The zero-order valence-electron chi connectivity index (χ0n) is 12.4. The highest BCUT2D eigenvalue weighted by Gasteiger charge is 2.06. The van der Waals surface area contributed by atoms with Crippen LogP contribution in [-0.4, -0.2) is 26.6 Å². The summed E-state index contributed by atoms with van der Waals surface area (Å²) in [5.74, 6) is -0.785. The first-order valence-corrected chi connectivity index (χ1v) is 7.01. The Labute approximate surface area is 131 Å². The summed E-state index contributed by atoms with van der Waals surface area (Å²) in [6, 6.07) is 12.9. The second-order valence-corrected chi connectivity index (χ2v) is 5.03. The molecule has 3 aromatic rings. The number of benzene rings is 2. The number of hydrogen-bond acceptors (Lipinski definition) is 4. The highest BCUT2D eigenvalue weighted by Crippen LogP contribution is 2.09. The molecule has 1 heterocycles. The molecule has 1 aromatic heterocycles.